The number of aryl methyl sites for hydroxylation is 1. The number of hydrogen-bond acceptors (Lipinski definition) is 5. The molecule has 1 atom stereocenters. The fourth-order valence-electron chi connectivity index (χ4n) is 3.15. The van der Waals surface area contributed by atoms with Gasteiger partial charge in [0.15, 0.2) is 0 Å². The van der Waals surface area contributed by atoms with Crippen LogP contribution < -0.4 is 14.2 Å². The number of sulfonamides is 1. The minimum Gasteiger partial charge on any atom is -0.496 e. The molecular weight excluding hydrogens is 364 g/mol. The molecule has 0 saturated carbocycles. The maximum Gasteiger partial charge on any atom is 0.262 e. The van der Waals surface area contributed by atoms with Crippen LogP contribution in [0, 0.1) is 0 Å². The van der Waals surface area contributed by atoms with E-state index in [1.165, 1.54) is 0 Å². The van der Waals surface area contributed by atoms with E-state index in [-0.39, 0.29) is 10.9 Å². The number of likely N-dealkylation sites (N-methyl/N-ethyl adjacent to an activating group) is 1. The Morgan fingerprint density at radius 1 is 1.19 bits per heavy atom. The van der Waals surface area contributed by atoms with Crippen molar-refractivity contribution in [1.29, 1.82) is 0 Å². The molecule has 1 aliphatic rings. The van der Waals surface area contributed by atoms with E-state index in [9.17, 15) is 8.42 Å². The number of nitrogens with one attached hydrogen (secondary N) is 1. The van der Waals surface area contributed by atoms with Gasteiger partial charge in [0.1, 0.15) is 18.1 Å². The van der Waals surface area contributed by atoms with Crippen LogP contribution in [-0.2, 0) is 22.9 Å². The Labute approximate surface area is 161 Å². The summed E-state index contributed by atoms with van der Waals surface area (Å²) in [5.41, 5.74) is 2.40. The standard InChI is InChI=1S/C20H26N2O4S/c1-5-14-6-8-16(9-7-14)27(23,24)21-18-10-11-19(25-4)17-12-15(22(2)3)13-26-20(17)18/h6-11,15,21H,5,12-13H2,1-4H3/t15-/m1/s1. The fraction of sp³-hybridized carbons (Fsp3) is 0.400. The molecule has 3 rings (SSSR count). The SMILES string of the molecule is CCc1ccc(S(=O)(=O)Nc2ccc(OC)c3c2OC[C@H](N(C)C)C3)cc1. The summed E-state index contributed by atoms with van der Waals surface area (Å²) in [4.78, 5) is 2.32. The Balaban J connectivity index is 1.94. The molecular formula is C20H26N2O4S. The summed E-state index contributed by atoms with van der Waals surface area (Å²) in [5.74, 6) is 1.24. The monoisotopic (exact) mass is 390 g/mol. The van der Waals surface area contributed by atoms with Crippen LogP contribution in [0.25, 0.3) is 0 Å². The van der Waals surface area contributed by atoms with Gasteiger partial charge in [-0.1, -0.05) is 19.1 Å². The number of methoxy groups -OCH3 is 1. The largest absolute Gasteiger partial charge is 0.496 e. The van der Waals surface area contributed by atoms with Gasteiger partial charge in [0, 0.05) is 11.6 Å². The van der Waals surface area contributed by atoms with Crippen molar-refractivity contribution in [2.45, 2.75) is 30.7 Å². The second-order valence-electron chi connectivity index (χ2n) is 6.86. The number of ether oxygens (including phenoxy) is 2. The van der Waals surface area contributed by atoms with Crippen molar-refractivity contribution < 1.29 is 17.9 Å². The predicted molar refractivity (Wildman–Crippen MR) is 106 cm³/mol. The minimum atomic E-state index is -3.70. The molecule has 1 aliphatic heterocycles. The van der Waals surface area contributed by atoms with Crippen LogP contribution >= 0.6 is 0 Å². The minimum absolute atomic E-state index is 0.208. The van der Waals surface area contributed by atoms with Crippen LogP contribution in [0.15, 0.2) is 41.3 Å². The first-order valence-corrected chi connectivity index (χ1v) is 10.4. The molecule has 1 N–H and O–H groups in total. The summed E-state index contributed by atoms with van der Waals surface area (Å²) in [7, 11) is 1.90. The van der Waals surface area contributed by atoms with Gasteiger partial charge in [-0.2, -0.15) is 0 Å². The van der Waals surface area contributed by atoms with Crippen molar-refractivity contribution >= 4 is 15.7 Å². The molecule has 27 heavy (non-hydrogen) atoms. The number of fused-ring (bicyclic) bond motifs is 1. The predicted octanol–water partition coefficient (Wildman–Crippen LogP) is 2.92. The van der Waals surface area contributed by atoms with Gasteiger partial charge in [-0.25, -0.2) is 8.42 Å². The Kier molecular flexibility index (Phi) is 5.62. The zero-order chi connectivity index (χ0) is 19.6. The van der Waals surface area contributed by atoms with E-state index < -0.39 is 10.0 Å². The van der Waals surface area contributed by atoms with E-state index >= 15 is 0 Å². The second kappa shape index (κ2) is 7.78. The summed E-state index contributed by atoms with van der Waals surface area (Å²) in [6.45, 7) is 2.52. The molecule has 7 heteroatoms. The summed E-state index contributed by atoms with van der Waals surface area (Å²) < 4.78 is 39.7. The van der Waals surface area contributed by atoms with Gasteiger partial charge in [-0.15, -0.1) is 0 Å². The van der Waals surface area contributed by atoms with Gasteiger partial charge < -0.3 is 14.4 Å². The lowest BCUT2D eigenvalue weighted by atomic mass is 10.00. The van der Waals surface area contributed by atoms with Gasteiger partial charge in [0.2, 0.25) is 0 Å². The molecule has 2 aromatic carbocycles. The number of nitrogens with zero attached hydrogens (tertiary/aromatic N) is 1. The van der Waals surface area contributed by atoms with Gasteiger partial charge in [0.05, 0.1) is 17.7 Å². The average molecular weight is 391 g/mol. The highest BCUT2D eigenvalue weighted by atomic mass is 32.2. The van der Waals surface area contributed by atoms with Gasteiger partial charge in [-0.3, -0.25) is 4.72 Å². The molecule has 0 spiro atoms. The van der Waals surface area contributed by atoms with Crippen LogP contribution in [0.2, 0.25) is 0 Å². The van der Waals surface area contributed by atoms with E-state index in [1.807, 2.05) is 33.2 Å². The highest BCUT2D eigenvalue weighted by Gasteiger charge is 2.28. The lowest BCUT2D eigenvalue weighted by Gasteiger charge is -2.32. The van der Waals surface area contributed by atoms with Gasteiger partial charge in [-0.05, 0) is 56.8 Å². The highest BCUT2D eigenvalue weighted by Crippen LogP contribution is 2.40. The zero-order valence-corrected chi connectivity index (χ0v) is 17.0. The van der Waals surface area contributed by atoms with Crippen molar-refractivity contribution in [3.05, 3.63) is 47.5 Å². The third kappa shape index (κ3) is 4.04. The summed E-state index contributed by atoms with van der Waals surface area (Å²) in [6, 6.07) is 10.6. The lowest BCUT2D eigenvalue weighted by molar-refractivity contribution is 0.164. The van der Waals surface area contributed by atoms with Crippen LogP contribution in [0.5, 0.6) is 11.5 Å². The van der Waals surface area contributed by atoms with Gasteiger partial charge in [0.25, 0.3) is 10.0 Å². The first kappa shape index (κ1) is 19.5. The second-order valence-corrected chi connectivity index (χ2v) is 8.54. The first-order chi connectivity index (χ1) is 12.9. The maximum absolute atomic E-state index is 12.8. The molecule has 0 unspecified atom stereocenters. The third-order valence-corrected chi connectivity index (χ3v) is 6.30. The Bertz CT molecular complexity index is 908. The van der Waals surface area contributed by atoms with E-state index in [0.717, 1.165) is 24.0 Å². The highest BCUT2D eigenvalue weighted by molar-refractivity contribution is 7.92. The molecule has 2 aromatic rings. The van der Waals surface area contributed by atoms with Crippen molar-refractivity contribution in [1.82, 2.24) is 4.90 Å². The summed E-state index contributed by atoms with van der Waals surface area (Å²) in [6.07, 6.45) is 1.59. The number of benzene rings is 2. The van der Waals surface area contributed by atoms with Crippen molar-refractivity contribution in [2.75, 3.05) is 32.5 Å². The van der Waals surface area contributed by atoms with E-state index in [4.69, 9.17) is 9.47 Å². The number of anilines is 1. The van der Waals surface area contributed by atoms with Crippen LogP contribution in [0.4, 0.5) is 5.69 Å². The summed E-state index contributed by atoms with van der Waals surface area (Å²) >= 11 is 0. The van der Waals surface area contributed by atoms with Crippen LogP contribution in [-0.4, -0.2) is 47.2 Å². The van der Waals surface area contributed by atoms with Crippen molar-refractivity contribution in [3.63, 3.8) is 0 Å². The van der Waals surface area contributed by atoms with Crippen LogP contribution in [0.3, 0.4) is 0 Å². The number of rotatable bonds is 6. The zero-order valence-electron chi connectivity index (χ0n) is 16.2. The molecule has 0 fully saturated rings. The Hall–Kier alpha value is -2.25. The summed E-state index contributed by atoms with van der Waals surface area (Å²) in [5, 5.41) is 0. The van der Waals surface area contributed by atoms with Crippen molar-refractivity contribution in [2.24, 2.45) is 0 Å². The smallest absolute Gasteiger partial charge is 0.262 e. The van der Waals surface area contributed by atoms with Crippen molar-refractivity contribution in [3.8, 4) is 11.5 Å². The average Bonchev–Trinajstić information content (AvgIpc) is 2.67. The topological polar surface area (TPSA) is 67.9 Å². The van der Waals surface area contributed by atoms with Gasteiger partial charge >= 0.3 is 0 Å². The lowest BCUT2D eigenvalue weighted by Crippen LogP contribution is -2.38. The number of hydrogen-bond donors (Lipinski definition) is 1. The Morgan fingerprint density at radius 2 is 1.89 bits per heavy atom. The molecule has 0 aromatic heterocycles. The maximum atomic E-state index is 12.8. The Morgan fingerprint density at radius 3 is 2.48 bits per heavy atom. The molecule has 1 heterocycles. The molecule has 0 amide bonds. The van der Waals surface area contributed by atoms with E-state index in [0.29, 0.717) is 23.8 Å². The van der Waals surface area contributed by atoms with E-state index in [2.05, 4.69) is 9.62 Å². The molecule has 146 valence electrons. The molecule has 0 saturated heterocycles. The quantitative estimate of drug-likeness (QED) is 0.821. The molecule has 0 bridgehead atoms. The molecule has 6 nitrogen and oxygen atoms in total. The van der Waals surface area contributed by atoms with Crippen LogP contribution in [0.1, 0.15) is 18.1 Å². The van der Waals surface area contributed by atoms with E-state index in [1.54, 1.807) is 31.4 Å². The first-order valence-electron chi connectivity index (χ1n) is 8.96. The fourth-order valence-corrected chi connectivity index (χ4v) is 4.22. The normalized spacial score (nSPS) is 16.6. The molecule has 0 aliphatic carbocycles. The third-order valence-electron chi connectivity index (χ3n) is 4.91. The molecule has 0 radical (unpaired) electrons.